The molecule has 3 heteroatoms. The molecule has 0 unspecified atom stereocenters. The van der Waals surface area contributed by atoms with Crippen LogP contribution in [0, 0.1) is 0 Å². The van der Waals surface area contributed by atoms with Crippen LogP contribution in [0.1, 0.15) is 0 Å². The van der Waals surface area contributed by atoms with E-state index in [1.165, 1.54) is 0 Å². The van der Waals surface area contributed by atoms with E-state index in [9.17, 15) is 0 Å². The topological polar surface area (TPSA) is 31.5 Å². The molecule has 0 radical (unpaired) electrons. The van der Waals surface area contributed by atoms with E-state index in [1.54, 1.807) is 0 Å². The molecule has 0 aromatic rings. The first-order chi connectivity index (χ1) is 2.00. The van der Waals surface area contributed by atoms with E-state index in [-0.39, 0.29) is 13.9 Å². The van der Waals surface area contributed by atoms with E-state index in [0.717, 1.165) is 0 Å². The van der Waals surface area contributed by atoms with Crippen molar-refractivity contribution in [2.45, 2.75) is 0 Å². The zero-order valence-electron chi connectivity index (χ0n) is 4.29. The summed E-state index contributed by atoms with van der Waals surface area (Å²) in [4.78, 5) is 0. The van der Waals surface area contributed by atoms with E-state index < -0.39 is 0 Å². The Balaban J connectivity index is 0. The molecule has 0 aromatic heterocycles. The first-order valence-corrected chi connectivity index (χ1v) is 6.08. The zero-order chi connectivity index (χ0) is 4.50. The monoisotopic (exact) mass is 174 g/mol. The lowest BCUT2D eigenvalue weighted by Gasteiger charge is -2.11. The quantitative estimate of drug-likeness (QED) is 0.529. The van der Waals surface area contributed by atoms with Gasteiger partial charge < -0.3 is 5.48 Å². The Labute approximate surface area is 48.0 Å². The first-order valence-electron chi connectivity index (χ1n) is 1.38. The van der Waals surface area contributed by atoms with E-state index in [1.807, 2.05) is 0 Å². The highest BCUT2D eigenvalue weighted by Crippen LogP contribution is 2.43. The average Bonchev–Trinajstić information content (AvgIpc) is 0.722. The Kier molecular flexibility index (Phi) is 4.76. The van der Waals surface area contributed by atoms with Gasteiger partial charge in [-0.3, -0.25) is 0 Å². The molecule has 2 N–H and O–H groups in total. The summed E-state index contributed by atoms with van der Waals surface area (Å²) in [5.41, 5.74) is 0. The molecular weight excluding hydrogens is 164 g/mol. The van der Waals surface area contributed by atoms with E-state index in [2.05, 4.69) is 33.6 Å². The van der Waals surface area contributed by atoms with Crippen molar-refractivity contribution in [1.82, 2.24) is 0 Å². The van der Waals surface area contributed by atoms with Crippen LogP contribution in [-0.4, -0.2) is 24.2 Å². The highest BCUT2D eigenvalue weighted by atomic mass is 79.9. The van der Waals surface area contributed by atoms with Gasteiger partial charge in [0.25, 0.3) is 0 Å². The van der Waals surface area contributed by atoms with Gasteiger partial charge in [0.1, 0.15) is 0 Å². The third-order valence-electron chi connectivity index (χ3n) is 0. The maximum Gasteiger partial charge on any atom is -0.0258 e. The third kappa shape index (κ3) is 110. The van der Waals surface area contributed by atoms with Crippen molar-refractivity contribution < 1.29 is 5.48 Å². The number of rotatable bonds is 0. The lowest BCUT2D eigenvalue weighted by Crippen LogP contribution is -1.72. The first kappa shape index (κ1) is 9.92. The second-order valence-corrected chi connectivity index (χ2v) is 10.9. The Bertz CT molecular complexity index is 26.3. The Morgan fingerprint density at radius 1 is 1.17 bits per heavy atom. The molecule has 0 fully saturated rings. The molecule has 0 heterocycles. The van der Waals surface area contributed by atoms with Crippen molar-refractivity contribution in [2.24, 2.45) is 0 Å². The highest BCUT2D eigenvalue weighted by Gasteiger charge is 1.89. The predicted molar refractivity (Wildman–Crippen MR) is 37.9 cm³/mol. The van der Waals surface area contributed by atoms with Crippen LogP contribution in [0.4, 0.5) is 0 Å². The van der Waals surface area contributed by atoms with Gasteiger partial charge in [0, 0.05) is 0 Å². The van der Waals surface area contributed by atoms with Crippen molar-refractivity contribution in [3.8, 4) is 0 Å². The summed E-state index contributed by atoms with van der Waals surface area (Å²) >= 11 is 3.46. The van der Waals surface area contributed by atoms with Crippen LogP contribution in [0.2, 0.25) is 0 Å². The van der Waals surface area contributed by atoms with Gasteiger partial charge in [-0.2, -0.15) is 8.46 Å². The molecule has 0 spiro atoms. The average molecular weight is 175 g/mol. The van der Waals surface area contributed by atoms with Gasteiger partial charge in [0.15, 0.2) is 0 Å². The highest BCUT2D eigenvalue weighted by molar-refractivity contribution is 9.58. The molecule has 1 nitrogen and oxygen atoms in total. The van der Waals surface area contributed by atoms with Gasteiger partial charge in [-0.1, -0.05) is 0 Å². The predicted octanol–water partition coefficient (Wildman–Crippen LogP) is 1.17. The van der Waals surface area contributed by atoms with E-state index in [0.29, 0.717) is 0 Å². The fourth-order valence-corrected chi connectivity index (χ4v) is 0. The van der Waals surface area contributed by atoms with Gasteiger partial charge in [-0.15, -0.1) is 0 Å². The Hall–Kier alpha value is 0.790. The molecule has 0 bridgehead atoms. The maximum atomic E-state index is 3.46. The van der Waals surface area contributed by atoms with Crippen molar-refractivity contribution in [2.75, 3.05) is 18.8 Å². The van der Waals surface area contributed by atoms with Crippen LogP contribution >= 0.6 is 23.3 Å². The van der Waals surface area contributed by atoms with Crippen molar-refractivity contribution in [1.29, 1.82) is 0 Å². The van der Waals surface area contributed by atoms with Crippen molar-refractivity contribution in [3.63, 3.8) is 0 Å². The minimum atomic E-state index is -0.354. The summed E-state index contributed by atoms with van der Waals surface area (Å²) in [7, 11) is -0.354. The lowest BCUT2D eigenvalue weighted by molar-refractivity contribution is 0.824. The Morgan fingerprint density at radius 2 is 1.17 bits per heavy atom. The summed E-state index contributed by atoms with van der Waals surface area (Å²) in [5.74, 6) is 0. The number of hydrogen-bond acceptors (Lipinski definition) is 0. The second-order valence-electron chi connectivity index (χ2n) is 1.69. The van der Waals surface area contributed by atoms with Crippen LogP contribution in [0.3, 0.4) is 0 Å². The van der Waals surface area contributed by atoms with Crippen LogP contribution in [0.15, 0.2) is 0 Å². The molecule has 0 amide bonds. The SMILES string of the molecule is CS(C)(C)Br.O. The zero-order valence-corrected chi connectivity index (χ0v) is 6.69. The summed E-state index contributed by atoms with van der Waals surface area (Å²) in [5, 5.41) is 0. The minimum Gasteiger partial charge on any atom is -0.412 e. The fraction of sp³-hybridized carbons (Fsp3) is 1.00. The standard InChI is InChI=1S/C3H9BrS.H2O/c1-5(2,3)4;/h1-3H3;1H2. The summed E-state index contributed by atoms with van der Waals surface area (Å²) in [6, 6.07) is 0. The van der Waals surface area contributed by atoms with Gasteiger partial charge in [0.2, 0.25) is 0 Å². The molecule has 0 saturated carbocycles. The van der Waals surface area contributed by atoms with Crippen LogP contribution in [-0.2, 0) is 0 Å². The van der Waals surface area contributed by atoms with Gasteiger partial charge in [0.05, 0.1) is 0 Å². The lowest BCUT2D eigenvalue weighted by atomic mass is 11.9. The third-order valence-corrected chi connectivity index (χ3v) is 0. The number of hydrogen-bond donors (Lipinski definition) is 0. The van der Waals surface area contributed by atoms with Crippen molar-refractivity contribution >= 4 is 23.3 Å². The minimum absolute atomic E-state index is 0. The van der Waals surface area contributed by atoms with E-state index >= 15 is 0 Å². The molecule has 0 aliphatic heterocycles. The molecule has 0 aromatic carbocycles. The molecule has 6 heavy (non-hydrogen) atoms. The van der Waals surface area contributed by atoms with Crippen LogP contribution < -0.4 is 0 Å². The summed E-state index contributed by atoms with van der Waals surface area (Å²) in [6.07, 6.45) is 6.56. The molecule has 0 aliphatic carbocycles. The molecular formula is C3H11BrOS. The maximum absolute atomic E-state index is 3.46. The van der Waals surface area contributed by atoms with Gasteiger partial charge in [-0.05, 0) is 33.6 Å². The van der Waals surface area contributed by atoms with Crippen LogP contribution in [0.5, 0.6) is 0 Å². The summed E-state index contributed by atoms with van der Waals surface area (Å²) < 4.78 is 0. The second kappa shape index (κ2) is 2.88. The number of halogens is 1. The Morgan fingerprint density at radius 3 is 1.17 bits per heavy atom. The largest absolute Gasteiger partial charge is 0.412 e. The normalized spacial score (nSPS) is 12.7. The summed E-state index contributed by atoms with van der Waals surface area (Å²) in [6.45, 7) is 0. The van der Waals surface area contributed by atoms with Crippen molar-refractivity contribution in [3.05, 3.63) is 0 Å². The van der Waals surface area contributed by atoms with Gasteiger partial charge >= 0.3 is 0 Å². The molecule has 0 rings (SSSR count). The molecule has 42 valence electrons. The molecule has 0 atom stereocenters. The van der Waals surface area contributed by atoms with Gasteiger partial charge in [-0.25, -0.2) is 0 Å². The smallest absolute Gasteiger partial charge is 0.0258 e. The molecule has 0 aliphatic rings. The fourth-order valence-electron chi connectivity index (χ4n) is 0. The molecule has 0 saturated heterocycles. The van der Waals surface area contributed by atoms with Crippen LogP contribution in [0.25, 0.3) is 0 Å². The van der Waals surface area contributed by atoms with E-state index in [4.69, 9.17) is 0 Å².